The van der Waals surface area contributed by atoms with Gasteiger partial charge in [-0.1, -0.05) is 31.5 Å². The second kappa shape index (κ2) is 11.7. The van der Waals surface area contributed by atoms with Crippen LogP contribution < -0.4 is 15.2 Å². The summed E-state index contributed by atoms with van der Waals surface area (Å²) >= 11 is 3.48. The van der Waals surface area contributed by atoms with Crippen molar-refractivity contribution < 1.29 is 19.1 Å². The molecule has 0 unspecified atom stereocenters. The van der Waals surface area contributed by atoms with Gasteiger partial charge in [0.1, 0.15) is 0 Å². The average Bonchev–Trinajstić information content (AvgIpc) is 3.03. The van der Waals surface area contributed by atoms with Crippen molar-refractivity contribution in [3.63, 3.8) is 0 Å². The highest BCUT2D eigenvalue weighted by molar-refractivity contribution is 14.1. The third-order valence-electron chi connectivity index (χ3n) is 4.68. The number of aliphatic imine (C=N–C) groups is 1. The number of rotatable bonds is 9. The minimum atomic E-state index is -0.567. The molecule has 2 aromatic rings. The molecule has 2 amide bonds. The van der Waals surface area contributed by atoms with Crippen LogP contribution in [-0.4, -0.2) is 41.6 Å². The minimum Gasteiger partial charge on any atom is -0.490 e. The Kier molecular flexibility index (Phi) is 9.01. The number of nitrogens with zero attached hydrogens (tertiary/aromatic N) is 2. The summed E-state index contributed by atoms with van der Waals surface area (Å²) < 4.78 is 12.0. The summed E-state index contributed by atoms with van der Waals surface area (Å²) in [4.78, 5) is 31.5. The molecule has 1 aliphatic rings. The topological polar surface area (TPSA) is 94.2 Å². The summed E-state index contributed by atoms with van der Waals surface area (Å²) in [6.07, 6.45) is 1.83. The van der Waals surface area contributed by atoms with Gasteiger partial charge in [-0.3, -0.25) is 14.5 Å². The van der Waals surface area contributed by atoms with E-state index in [-0.39, 0.29) is 12.5 Å². The number of carbonyl (C=O) groups is 2. The lowest BCUT2D eigenvalue weighted by molar-refractivity contribution is -0.122. The molecule has 0 bridgehead atoms. The summed E-state index contributed by atoms with van der Waals surface area (Å²) in [6.45, 7) is 8.80. The molecule has 7 nitrogen and oxygen atoms in total. The molecule has 0 radical (unpaired) electrons. The second-order valence-electron chi connectivity index (χ2n) is 8.17. The molecule has 1 aliphatic heterocycles. The highest BCUT2D eigenvalue weighted by Crippen LogP contribution is 2.38. The van der Waals surface area contributed by atoms with Crippen molar-refractivity contribution in [1.82, 2.24) is 4.90 Å². The van der Waals surface area contributed by atoms with Crippen LogP contribution in [-0.2, 0) is 9.59 Å². The fourth-order valence-corrected chi connectivity index (χ4v) is 5.01. The highest BCUT2D eigenvalue weighted by atomic mass is 127. The van der Waals surface area contributed by atoms with E-state index < -0.39 is 5.91 Å². The molecule has 1 fully saturated rings. The molecule has 34 heavy (non-hydrogen) atoms. The number of nitrogens with two attached hydrogens (primary N) is 1. The molecular formula is C25H28IN3O4S. The molecule has 0 saturated carbocycles. The van der Waals surface area contributed by atoms with Crippen molar-refractivity contribution in [2.45, 2.75) is 27.7 Å². The Morgan fingerprint density at radius 2 is 1.94 bits per heavy atom. The van der Waals surface area contributed by atoms with Crippen molar-refractivity contribution >= 4 is 63.1 Å². The van der Waals surface area contributed by atoms with Gasteiger partial charge in [0.25, 0.3) is 11.8 Å². The predicted molar refractivity (Wildman–Crippen MR) is 145 cm³/mol. The van der Waals surface area contributed by atoms with Crippen LogP contribution in [0.15, 0.2) is 46.3 Å². The zero-order valence-electron chi connectivity index (χ0n) is 19.6. The average molecular weight is 593 g/mol. The number of hydrogen-bond acceptors (Lipinski definition) is 6. The lowest BCUT2D eigenvalue weighted by Gasteiger charge is -2.17. The first-order valence-corrected chi connectivity index (χ1v) is 12.8. The predicted octanol–water partition coefficient (Wildman–Crippen LogP) is 5.12. The van der Waals surface area contributed by atoms with E-state index in [2.05, 4.69) is 36.4 Å². The highest BCUT2D eigenvalue weighted by Gasteiger charge is 2.33. The number of carbonyl (C=O) groups excluding carboxylic acids is 2. The number of amidine groups is 1. The Morgan fingerprint density at radius 3 is 2.56 bits per heavy atom. The number of aryl methyl sites for hydroxylation is 1. The zero-order valence-corrected chi connectivity index (χ0v) is 22.6. The SMILES string of the molecule is CCOc1cc(/C=C2/SC(=Nc3ccc(C)cc3)N(CC(C)C)C2=O)cc(I)c1OCC(N)=O. The number of hydrogen-bond donors (Lipinski definition) is 1. The normalized spacial score (nSPS) is 16.1. The number of halogens is 1. The Morgan fingerprint density at radius 1 is 1.24 bits per heavy atom. The van der Waals surface area contributed by atoms with Crippen LogP contribution in [0.2, 0.25) is 0 Å². The van der Waals surface area contributed by atoms with Gasteiger partial charge in [0, 0.05) is 6.54 Å². The van der Waals surface area contributed by atoms with Gasteiger partial charge < -0.3 is 15.2 Å². The van der Waals surface area contributed by atoms with E-state index in [9.17, 15) is 9.59 Å². The van der Waals surface area contributed by atoms with Gasteiger partial charge in [-0.15, -0.1) is 0 Å². The van der Waals surface area contributed by atoms with Gasteiger partial charge in [-0.2, -0.15) is 0 Å². The zero-order chi connectivity index (χ0) is 24.8. The number of benzene rings is 2. The maximum atomic E-state index is 13.3. The van der Waals surface area contributed by atoms with Gasteiger partial charge in [-0.05, 0) is 90.0 Å². The lowest BCUT2D eigenvalue weighted by atomic mass is 10.1. The van der Waals surface area contributed by atoms with E-state index in [0.717, 1.165) is 20.4 Å². The molecule has 3 rings (SSSR count). The number of ether oxygens (including phenoxy) is 2. The molecule has 0 aliphatic carbocycles. The van der Waals surface area contributed by atoms with Crippen LogP contribution in [0, 0.1) is 16.4 Å². The van der Waals surface area contributed by atoms with Crippen molar-refractivity contribution in [2.75, 3.05) is 19.8 Å². The monoisotopic (exact) mass is 593 g/mol. The van der Waals surface area contributed by atoms with E-state index in [1.807, 2.05) is 50.3 Å². The first kappa shape index (κ1) is 26.1. The van der Waals surface area contributed by atoms with Gasteiger partial charge in [0.05, 0.1) is 20.8 Å². The number of primary amides is 1. The van der Waals surface area contributed by atoms with Crippen LogP contribution >= 0.6 is 34.4 Å². The quantitative estimate of drug-likeness (QED) is 0.322. The van der Waals surface area contributed by atoms with E-state index in [4.69, 9.17) is 20.2 Å². The van der Waals surface area contributed by atoms with Gasteiger partial charge in [0.2, 0.25) is 0 Å². The maximum Gasteiger partial charge on any atom is 0.266 e. The van der Waals surface area contributed by atoms with Gasteiger partial charge in [-0.25, -0.2) is 4.99 Å². The molecular weight excluding hydrogens is 565 g/mol. The standard InChI is InChI=1S/C25H28IN3O4S/c1-5-32-20-11-17(10-19(26)23(20)33-14-22(27)30)12-21-24(31)29(13-15(2)3)25(34-21)28-18-8-6-16(4)7-9-18/h6-12,15H,5,13-14H2,1-4H3,(H2,27,30)/b21-12+,28-25?. The number of amides is 2. The molecule has 1 heterocycles. The van der Waals surface area contributed by atoms with Crippen molar-refractivity contribution in [2.24, 2.45) is 16.6 Å². The molecule has 1 saturated heterocycles. The molecule has 2 N–H and O–H groups in total. The van der Waals surface area contributed by atoms with Gasteiger partial charge in [0.15, 0.2) is 23.3 Å². The van der Waals surface area contributed by atoms with E-state index in [1.165, 1.54) is 11.8 Å². The minimum absolute atomic E-state index is 0.0772. The molecule has 0 spiro atoms. The van der Waals surface area contributed by atoms with Crippen LogP contribution in [0.5, 0.6) is 11.5 Å². The van der Waals surface area contributed by atoms with Crippen LogP contribution in [0.4, 0.5) is 5.69 Å². The first-order chi connectivity index (χ1) is 16.2. The van der Waals surface area contributed by atoms with Gasteiger partial charge >= 0.3 is 0 Å². The lowest BCUT2D eigenvalue weighted by Crippen LogP contribution is -2.32. The van der Waals surface area contributed by atoms with Crippen molar-refractivity contribution in [1.29, 1.82) is 0 Å². The van der Waals surface area contributed by atoms with E-state index in [1.54, 1.807) is 11.0 Å². The Hall–Kier alpha value is -2.53. The van der Waals surface area contributed by atoms with Crippen LogP contribution in [0.3, 0.4) is 0 Å². The summed E-state index contributed by atoms with van der Waals surface area (Å²) in [5.41, 5.74) is 7.97. The smallest absolute Gasteiger partial charge is 0.266 e. The second-order valence-corrected chi connectivity index (χ2v) is 10.3. The van der Waals surface area contributed by atoms with Crippen molar-refractivity contribution in [3.8, 4) is 11.5 Å². The summed E-state index contributed by atoms with van der Waals surface area (Å²) in [6, 6.07) is 11.6. The summed E-state index contributed by atoms with van der Waals surface area (Å²) in [5.74, 6) is 0.594. The molecule has 180 valence electrons. The number of thioether (sulfide) groups is 1. The Labute approximate surface area is 217 Å². The summed E-state index contributed by atoms with van der Waals surface area (Å²) in [7, 11) is 0. The van der Waals surface area contributed by atoms with E-state index in [0.29, 0.717) is 40.6 Å². The third kappa shape index (κ3) is 6.75. The van der Waals surface area contributed by atoms with E-state index >= 15 is 0 Å². The van der Waals surface area contributed by atoms with Crippen molar-refractivity contribution in [3.05, 3.63) is 56.0 Å². The van der Waals surface area contributed by atoms with Crippen LogP contribution in [0.25, 0.3) is 6.08 Å². The Bertz CT molecular complexity index is 1130. The van der Waals surface area contributed by atoms with Crippen LogP contribution in [0.1, 0.15) is 31.9 Å². The largest absolute Gasteiger partial charge is 0.490 e. The maximum absolute atomic E-state index is 13.3. The molecule has 2 aromatic carbocycles. The molecule has 9 heteroatoms. The molecule has 0 aromatic heterocycles. The molecule has 0 atom stereocenters. The fourth-order valence-electron chi connectivity index (χ4n) is 3.22. The first-order valence-electron chi connectivity index (χ1n) is 10.9. The third-order valence-corrected chi connectivity index (χ3v) is 6.49. The summed E-state index contributed by atoms with van der Waals surface area (Å²) in [5, 5.41) is 0.662. The fraction of sp³-hybridized carbons (Fsp3) is 0.320. The Balaban J connectivity index is 1.97.